The Kier molecular flexibility index (Phi) is 3.33. The topological polar surface area (TPSA) is 49.3 Å². The Balaban J connectivity index is 2.30. The number of nitrogens with one attached hydrogen (secondary N) is 1. The molecule has 0 fully saturated rings. The molecule has 1 aliphatic rings. The van der Waals surface area contributed by atoms with Crippen molar-refractivity contribution in [1.29, 1.82) is 0 Å². The monoisotopic (exact) mass is 251 g/mol. The first-order chi connectivity index (χ1) is 7.99. The number of benzene rings is 1. The average Bonchev–Trinajstić information content (AvgIpc) is 2.26. The molecule has 1 aliphatic heterocycles. The second-order valence-corrected chi connectivity index (χ2v) is 6.08. The molecule has 0 saturated carbocycles. The molecule has 0 amide bonds. The van der Waals surface area contributed by atoms with Crippen LogP contribution in [-0.4, -0.2) is 23.4 Å². The highest BCUT2D eigenvalue weighted by molar-refractivity contribution is 7.99. The van der Waals surface area contributed by atoms with Gasteiger partial charge in [0.05, 0.1) is 6.42 Å². The fraction of sp³-hybridized carbons (Fsp3) is 0.462. The van der Waals surface area contributed by atoms with Gasteiger partial charge >= 0.3 is 5.97 Å². The van der Waals surface area contributed by atoms with E-state index in [2.05, 4.69) is 17.4 Å². The molecule has 1 heterocycles. The highest BCUT2D eigenvalue weighted by Gasteiger charge is 2.25. The lowest BCUT2D eigenvalue weighted by Crippen LogP contribution is -2.22. The maximum Gasteiger partial charge on any atom is 0.304 e. The van der Waals surface area contributed by atoms with Crippen molar-refractivity contribution in [3.63, 3.8) is 0 Å². The van der Waals surface area contributed by atoms with E-state index in [4.69, 9.17) is 5.11 Å². The fourth-order valence-corrected chi connectivity index (χ4v) is 2.92. The van der Waals surface area contributed by atoms with E-state index < -0.39 is 5.97 Å². The molecule has 2 rings (SSSR count). The molecule has 1 aromatic carbocycles. The Morgan fingerprint density at radius 3 is 3.00 bits per heavy atom. The van der Waals surface area contributed by atoms with E-state index in [0.29, 0.717) is 0 Å². The lowest BCUT2D eigenvalue weighted by Gasteiger charge is -2.26. The van der Waals surface area contributed by atoms with E-state index in [1.54, 1.807) is 0 Å². The van der Waals surface area contributed by atoms with Gasteiger partial charge in [-0.3, -0.25) is 4.79 Å². The number of carboxylic acids is 1. The van der Waals surface area contributed by atoms with E-state index in [9.17, 15) is 4.79 Å². The van der Waals surface area contributed by atoms with Gasteiger partial charge in [0, 0.05) is 28.3 Å². The second-order valence-electron chi connectivity index (χ2n) is 4.94. The van der Waals surface area contributed by atoms with Crippen molar-refractivity contribution in [1.82, 2.24) is 0 Å². The predicted octanol–water partition coefficient (Wildman–Crippen LogP) is 2.96. The summed E-state index contributed by atoms with van der Waals surface area (Å²) in [4.78, 5) is 12.1. The third-order valence-corrected chi connectivity index (χ3v) is 4.10. The number of carboxylic acid groups (broad SMARTS) is 1. The van der Waals surface area contributed by atoms with E-state index in [1.165, 1.54) is 4.90 Å². The SMILES string of the molecule is CC(C)(CC(=O)O)c1ccc2c(c1)NCCS2. The number of fused-ring (bicyclic) bond motifs is 1. The van der Waals surface area contributed by atoms with Gasteiger partial charge in [-0.05, 0) is 17.7 Å². The number of carbonyl (C=O) groups is 1. The molecule has 3 nitrogen and oxygen atoms in total. The van der Waals surface area contributed by atoms with Gasteiger partial charge in [0.1, 0.15) is 0 Å². The summed E-state index contributed by atoms with van der Waals surface area (Å²) in [5.41, 5.74) is 1.89. The Morgan fingerprint density at radius 2 is 2.29 bits per heavy atom. The molecule has 4 heteroatoms. The molecule has 17 heavy (non-hydrogen) atoms. The normalized spacial score (nSPS) is 14.9. The van der Waals surface area contributed by atoms with E-state index >= 15 is 0 Å². The second kappa shape index (κ2) is 4.61. The van der Waals surface area contributed by atoms with Crippen molar-refractivity contribution in [3.8, 4) is 0 Å². The van der Waals surface area contributed by atoms with Crippen LogP contribution in [-0.2, 0) is 10.2 Å². The summed E-state index contributed by atoms with van der Waals surface area (Å²) in [5, 5.41) is 12.3. The number of aliphatic carboxylic acids is 1. The van der Waals surface area contributed by atoms with Gasteiger partial charge in [0.2, 0.25) is 0 Å². The van der Waals surface area contributed by atoms with Crippen LogP contribution in [0.15, 0.2) is 23.1 Å². The van der Waals surface area contributed by atoms with Gasteiger partial charge in [-0.1, -0.05) is 19.9 Å². The maximum atomic E-state index is 10.9. The largest absolute Gasteiger partial charge is 0.481 e. The molecule has 0 spiro atoms. The summed E-state index contributed by atoms with van der Waals surface area (Å²) < 4.78 is 0. The van der Waals surface area contributed by atoms with Gasteiger partial charge in [0.15, 0.2) is 0 Å². The highest BCUT2D eigenvalue weighted by atomic mass is 32.2. The Labute approximate surface area is 106 Å². The summed E-state index contributed by atoms with van der Waals surface area (Å²) in [5.74, 6) is 0.334. The molecule has 0 unspecified atom stereocenters. The molecule has 0 bridgehead atoms. The van der Waals surface area contributed by atoms with Gasteiger partial charge in [-0.15, -0.1) is 11.8 Å². The first-order valence-electron chi connectivity index (χ1n) is 5.72. The summed E-state index contributed by atoms with van der Waals surface area (Å²) in [6, 6.07) is 6.22. The summed E-state index contributed by atoms with van der Waals surface area (Å²) in [7, 11) is 0. The Hall–Kier alpha value is -1.16. The van der Waals surface area contributed by atoms with Crippen molar-refractivity contribution >= 4 is 23.4 Å². The van der Waals surface area contributed by atoms with Crippen molar-refractivity contribution in [3.05, 3.63) is 23.8 Å². The van der Waals surface area contributed by atoms with Gasteiger partial charge < -0.3 is 10.4 Å². The lowest BCUT2D eigenvalue weighted by molar-refractivity contribution is -0.138. The van der Waals surface area contributed by atoms with Crippen LogP contribution >= 0.6 is 11.8 Å². The molecule has 92 valence electrons. The summed E-state index contributed by atoms with van der Waals surface area (Å²) in [6.45, 7) is 4.91. The van der Waals surface area contributed by atoms with Crippen molar-refractivity contribution in [2.45, 2.75) is 30.6 Å². The van der Waals surface area contributed by atoms with Crippen LogP contribution in [0.25, 0.3) is 0 Å². The Bertz CT molecular complexity index is 443. The third-order valence-electron chi connectivity index (χ3n) is 3.03. The molecule has 2 N–H and O–H groups in total. The van der Waals surface area contributed by atoms with Crippen LogP contribution in [0.5, 0.6) is 0 Å². The lowest BCUT2D eigenvalue weighted by atomic mass is 9.81. The Morgan fingerprint density at radius 1 is 1.53 bits per heavy atom. The maximum absolute atomic E-state index is 10.9. The minimum atomic E-state index is -0.755. The zero-order valence-electron chi connectivity index (χ0n) is 10.1. The van der Waals surface area contributed by atoms with Crippen LogP contribution in [0.4, 0.5) is 5.69 Å². The number of hydrogen-bond acceptors (Lipinski definition) is 3. The highest BCUT2D eigenvalue weighted by Crippen LogP contribution is 2.36. The first kappa shape index (κ1) is 12.3. The van der Waals surface area contributed by atoms with Gasteiger partial charge in [-0.2, -0.15) is 0 Å². The first-order valence-corrected chi connectivity index (χ1v) is 6.70. The van der Waals surface area contributed by atoms with E-state index in [0.717, 1.165) is 23.5 Å². The van der Waals surface area contributed by atoms with E-state index in [1.807, 2.05) is 31.7 Å². The van der Waals surface area contributed by atoms with Crippen molar-refractivity contribution < 1.29 is 9.90 Å². The van der Waals surface area contributed by atoms with Crippen molar-refractivity contribution in [2.24, 2.45) is 0 Å². The predicted molar refractivity (Wildman–Crippen MR) is 70.9 cm³/mol. The van der Waals surface area contributed by atoms with Crippen LogP contribution in [0, 0.1) is 0 Å². The molecule has 0 aromatic heterocycles. The quantitative estimate of drug-likeness (QED) is 0.867. The van der Waals surface area contributed by atoms with Gasteiger partial charge in [-0.25, -0.2) is 0 Å². The number of thioether (sulfide) groups is 1. The minimum absolute atomic E-state index is 0.152. The van der Waals surface area contributed by atoms with Gasteiger partial charge in [0.25, 0.3) is 0 Å². The molecule has 0 saturated heterocycles. The number of anilines is 1. The molecular weight excluding hydrogens is 234 g/mol. The average molecular weight is 251 g/mol. The zero-order valence-corrected chi connectivity index (χ0v) is 10.9. The number of hydrogen-bond donors (Lipinski definition) is 2. The smallest absolute Gasteiger partial charge is 0.304 e. The molecular formula is C13H17NO2S. The van der Waals surface area contributed by atoms with E-state index in [-0.39, 0.29) is 11.8 Å². The zero-order chi connectivity index (χ0) is 12.5. The fourth-order valence-electron chi connectivity index (χ4n) is 2.04. The molecule has 0 radical (unpaired) electrons. The minimum Gasteiger partial charge on any atom is -0.481 e. The standard InChI is InChI=1S/C13H17NO2S/c1-13(2,8-12(15)16)9-3-4-11-10(7-9)14-5-6-17-11/h3-4,7,14H,5-6,8H2,1-2H3,(H,15,16). The summed E-state index contributed by atoms with van der Waals surface area (Å²) >= 11 is 1.84. The summed E-state index contributed by atoms with van der Waals surface area (Å²) in [6.07, 6.45) is 0.152. The molecule has 1 aromatic rings. The van der Waals surface area contributed by atoms with Crippen LogP contribution in [0.1, 0.15) is 25.8 Å². The molecule has 0 aliphatic carbocycles. The van der Waals surface area contributed by atoms with Crippen LogP contribution in [0.2, 0.25) is 0 Å². The third kappa shape index (κ3) is 2.75. The van der Waals surface area contributed by atoms with Crippen LogP contribution < -0.4 is 5.32 Å². The molecule has 0 atom stereocenters. The number of rotatable bonds is 3. The van der Waals surface area contributed by atoms with Crippen molar-refractivity contribution in [2.75, 3.05) is 17.6 Å². The van der Waals surface area contributed by atoms with Crippen LogP contribution in [0.3, 0.4) is 0 Å².